The summed E-state index contributed by atoms with van der Waals surface area (Å²) in [4.78, 5) is 15.5. The zero-order valence-corrected chi connectivity index (χ0v) is 11.3. The molecule has 0 saturated carbocycles. The van der Waals surface area contributed by atoms with Gasteiger partial charge in [-0.05, 0) is 36.2 Å². The van der Waals surface area contributed by atoms with Gasteiger partial charge in [-0.2, -0.15) is 0 Å². The van der Waals surface area contributed by atoms with Crippen LogP contribution in [0.5, 0.6) is 0 Å². The predicted molar refractivity (Wildman–Crippen MR) is 78.8 cm³/mol. The molecule has 0 atom stereocenters. The van der Waals surface area contributed by atoms with Gasteiger partial charge in [-0.15, -0.1) is 0 Å². The summed E-state index contributed by atoms with van der Waals surface area (Å²) >= 11 is 0. The van der Waals surface area contributed by atoms with Crippen LogP contribution in [0.15, 0.2) is 36.5 Å². The van der Waals surface area contributed by atoms with Crippen molar-refractivity contribution in [3.8, 4) is 0 Å². The Morgan fingerprint density at radius 2 is 2.20 bits per heavy atom. The number of nitrogens with two attached hydrogens (primary N) is 1. The van der Waals surface area contributed by atoms with E-state index in [0.29, 0.717) is 17.9 Å². The van der Waals surface area contributed by atoms with E-state index in [2.05, 4.69) is 17.2 Å². The summed E-state index contributed by atoms with van der Waals surface area (Å²) in [7, 11) is 0. The molecule has 0 bridgehead atoms. The molecule has 1 aromatic heterocycles. The van der Waals surface area contributed by atoms with Crippen molar-refractivity contribution in [3.05, 3.63) is 53.3 Å². The lowest BCUT2D eigenvalue weighted by Gasteiger charge is -2.12. The van der Waals surface area contributed by atoms with Crippen LogP contribution >= 0.6 is 0 Å². The molecule has 0 saturated heterocycles. The Kier molecular flexibility index (Phi) is 4.20. The average Bonchev–Trinajstić information content (AvgIpc) is 2.45. The number of benzene rings is 1. The fourth-order valence-electron chi connectivity index (χ4n) is 2.03. The number of anilines is 2. The largest absolute Gasteiger partial charge is 0.478 e. The number of nitrogen functional groups attached to an aromatic ring is 1. The summed E-state index contributed by atoms with van der Waals surface area (Å²) in [5.74, 6) is -0.982. The molecule has 20 heavy (non-hydrogen) atoms. The monoisotopic (exact) mass is 271 g/mol. The highest BCUT2D eigenvalue weighted by Crippen LogP contribution is 2.20. The van der Waals surface area contributed by atoms with Crippen molar-refractivity contribution < 1.29 is 9.90 Å². The second kappa shape index (κ2) is 6.06. The Morgan fingerprint density at radius 3 is 2.90 bits per heavy atom. The van der Waals surface area contributed by atoms with Gasteiger partial charge in [-0.25, -0.2) is 4.79 Å². The standard InChI is InChI=1S/C15H17N3O2/c1-2-10-4-3-7-17-14(10)9-18-13-8-11(16)5-6-12(13)15(19)20/h3-8,18H,2,9,16H2,1H3,(H,19,20). The molecule has 0 spiro atoms. The number of aryl methyl sites for hydroxylation is 1. The Hall–Kier alpha value is -2.56. The first-order chi connectivity index (χ1) is 9.61. The van der Waals surface area contributed by atoms with Gasteiger partial charge in [0, 0.05) is 11.9 Å². The molecule has 0 radical (unpaired) electrons. The summed E-state index contributed by atoms with van der Waals surface area (Å²) in [6, 6.07) is 8.61. The molecule has 4 N–H and O–H groups in total. The Bertz CT molecular complexity index is 626. The molecule has 0 aliphatic rings. The van der Waals surface area contributed by atoms with Crippen LogP contribution < -0.4 is 11.1 Å². The number of hydrogen-bond acceptors (Lipinski definition) is 4. The van der Waals surface area contributed by atoms with E-state index < -0.39 is 5.97 Å². The molecule has 0 fully saturated rings. The van der Waals surface area contributed by atoms with Crippen LogP contribution in [0.2, 0.25) is 0 Å². The molecular weight excluding hydrogens is 254 g/mol. The first kappa shape index (κ1) is 13.9. The lowest BCUT2D eigenvalue weighted by molar-refractivity contribution is 0.0698. The third-order valence-electron chi connectivity index (χ3n) is 3.09. The summed E-state index contributed by atoms with van der Waals surface area (Å²) in [5, 5.41) is 12.3. The molecule has 104 valence electrons. The number of nitrogens with zero attached hydrogens (tertiary/aromatic N) is 1. The number of carboxylic acid groups (broad SMARTS) is 1. The number of hydrogen-bond donors (Lipinski definition) is 3. The van der Waals surface area contributed by atoms with Crippen molar-refractivity contribution in [1.82, 2.24) is 4.98 Å². The van der Waals surface area contributed by atoms with Crippen LogP contribution in [0.4, 0.5) is 11.4 Å². The van der Waals surface area contributed by atoms with Gasteiger partial charge in [0.1, 0.15) is 0 Å². The van der Waals surface area contributed by atoms with Gasteiger partial charge in [-0.1, -0.05) is 13.0 Å². The number of pyridine rings is 1. The summed E-state index contributed by atoms with van der Waals surface area (Å²) < 4.78 is 0. The van der Waals surface area contributed by atoms with Crippen LogP contribution in [0.1, 0.15) is 28.5 Å². The van der Waals surface area contributed by atoms with Gasteiger partial charge < -0.3 is 16.2 Å². The van der Waals surface area contributed by atoms with E-state index in [1.54, 1.807) is 18.3 Å². The molecule has 1 heterocycles. The van der Waals surface area contributed by atoms with Crippen LogP contribution in [-0.2, 0) is 13.0 Å². The minimum Gasteiger partial charge on any atom is -0.478 e. The van der Waals surface area contributed by atoms with Crippen LogP contribution in [0, 0.1) is 0 Å². The van der Waals surface area contributed by atoms with Gasteiger partial charge in [0.05, 0.1) is 23.5 Å². The third-order valence-corrected chi connectivity index (χ3v) is 3.09. The molecule has 0 aliphatic heterocycles. The topological polar surface area (TPSA) is 88.2 Å². The van der Waals surface area contributed by atoms with Crippen LogP contribution in [0.25, 0.3) is 0 Å². The summed E-state index contributed by atoms with van der Waals surface area (Å²) in [5.41, 5.74) is 8.98. The molecular formula is C15H17N3O2. The highest BCUT2D eigenvalue weighted by atomic mass is 16.4. The number of aromatic nitrogens is 1. The first-order valence-electron chi connectivity index (χ1n) is 6.41. The molecule has 2 rings (SSSR count). The second-order valence-electron chi connectivity index (χ2n) is 4.43. The van der Waals surface area contributed by atoms with E-state index in [9.17, 15) is 4.79 Å². The van der Waals surface area contributed by atoms with E-state index >= 15 is 0 Å². The van der Waals surface area contributed by atoms with Gasteiger partial charge >= 0.3 is 5.97 Å². The van der Waals surface area contributed by atoms with Gasteiger partial charge in [0.2, 0.25) is 0 Å². The van der Waals surface area contributed by atoms with E-state index in [1.165, 1.54) is 6.07 Å². The third kappa shape index (κ3) is 3.06. The van der Waals surface area contributed by atoms with Crippen LogP contribution in [0.3, 0.4) is 0 Å². The lowest BCUT2D eigenvalue weighted by atomic mass is 10.1. The van der Waals surface area contributed by atoms with Crippen molar-refractivity contribution in [3.63, 3.8) is 0 Å². The Morgan fingerprint density at radius 1 is 1.40 bits per heavy atom. The van der Waals surface area contributed by atoms with Crippen molar-refractivity contribution >= 4 is 17.3 Å². The Labute approximate surface area is 117 Å². The smallest absolute Gasteiger partial charge is 0.337 e. The Balaban J connectivity index is 2.22. The lowest BCUT2D eigenvalue weighted by Crippen LogP contribution is -2.09. The first-order valence-corrected chi connectivity index (χ1v) is 6.41. The summed E-state index contributed by atoms with van der Waals surface area (Å²) in [6.45, 7) is 2.53. The molecule has 2 aromatic rings. The number of nitrogens with one attached hydrogen (secondary N) is 1. The van der Waals surface area contributed by atoms with E-state index in [1.807, 2.05) is 12.1 Å². The minimum absolute atomic E-state index is 0.202. The fraction of sp³-hybridized carbons (Fsp3) is 0.200. The maximum absolute atomic E-state index is 11.2. The van der Waals surface area contributed by atoms with Gasteiger partial charge in [0.25, 0.3) is 0 Å². The van der Waals surface area contributed by atoms with Crippen molar-refractivity contribution in [1.29, 1.82) is 0 Å². The molecule has 5 nitrogen and oxygen atoms in total. The zero-order valence-electron chi connectivity index (χ0n) is 11.3. The number of carboxylic acids is 1. The molecule has 0 aliphatic carbocycles. The minimum atomic E-state index is -0.982. The maximum atomic E-state index is 11.2. The quantitative estimate of drug-likeness (QED) is 0.727. The van der Waals surface area contributed by atoms with Crippen molar-refractivity contribution in [2.45, 2.75) is 19.9 Å². The van der Waals surface area contributed by atoms with Gasteiger partial charge in [-0.3, -0.25) is 4.98 Å². The zero-order chi connectivity index (χ0) is 14.5. The number of aromatic carboxylic acids is 1. The fourth-order valence-corrected chi connectivity index (χ4v) is 2.03. The second-order valence-corrected chi connectivity index (χ2v) is 4.43. The highest BCUT2D eigenvalue weighted by Gasteiger charge is 2.10. The van der Waals surface area contributed by atoms with Gasteiger partial charge in [0.15, 0.2) is 0 Å². The van der Waals surface area contributed by atoms with Crippen LogP contribution in [-0.4, -0.2) is 16.1 Å². The normalized spacial score (nSPS) is 10.2. The number of rotatable bonds is 5. The SMILES string of the molecule is CCc1cccnc1CNc1cc(N)ccc1C(=O)O. The maximum Gasteiger partial charge on any atom is 0.337 e. The van der Waals surface area contributed by atoms with E-state index in [0.717, 1.165) is 17.7 Å². The predicted octanol–water partition coefficient (Wildman–Crippen LogP) is 2.54. The van der Waals surface area contributed by atoms with Crippen molar-refractivity contribution in [2.75, 3.05) is 11.1 Å². The molecule has 0 amide bonds. The van der Waals surface area contributed by atoms with Crippen molar-refractivity contribution in [2.24, 2.45) is 0 Å². The molecule has 0 unspecified atom stereocenters. The average molecular weight is 271 g/mol. The highest BCUT2D eigenvalue weighted by molar-refractivity contribution is 5.95. The molecule has 1 aromatic carbocycles. The number of carbonyl (C=O) groups is 1. The molecule has 5 heteroatoms. The summed E-state index contributed by atoms with van der Waals surface area (Å²) in [6.07, 6.45) is 2.61. The van der Waals surface area contributed by atoms with E-state index in [-0.39, 0.29) is 5.56 Å². The van der Waals surface area contributed by atoms with E-state index in [4.69, 9.17) is 10.8 Å².